The van der Waals surface area contributed by atoms with E-state index < -0.39 is 0 Å². The zero-order chi connectivity index (χ0) is 13.4. The van der Waals surface area contributed by atoms with Gasteiger partial charge in [-0.25, -0.2) is 4.98 Å². The summed E-state index contributed by atoms with van der Waals surface area (Å²) in [5.74, 6) is 0.845. The van der Waals surface area contributed by atoms with Crippen molar-refractivity contribution in [3.05, 3.63) is 18.7 Å². The van der Waals surface area contributed by atoms with Crippen molar-refractivity contribution < 1.29 is 0 Å². The molecule has 5 nitrogen and oxygen atoms in total. The molecule has 0 aromatic carbocycles. The molecule has 0 radical (unpaired) electrons. The average Bonchev–Trinajstić information content (AvgIpc) is 2.86. The molecule has 2 N–H and O–H groups in total. The van der Waals surface area contributed by atoms with Crippen molar-refractivity contribution in [1.82, 2.24) is 20.2 Å². The summed E-state index contributed by atoms with van der Waals surface area (Å²) in [5, 5.41) is 6.62. The van der Waals surface area contributed by atoms with Gasteiger partial charge in [-0.3, -0.25) is 4.99 Å². The molecule has 0 spiro atoms. The molecule has 1 heterocycles. The molecule has 0 aliphatic heterocycles. The van der Waals surface area contributed by atoms with Gasteiger partial charge in [0.1, 0.15) is 0 Å². The van der Waals surface area contributed by atoms with E-state index in [-0.39, 0.29) is 4.75 Å². The van der Waals surface area contributed by atoms with Gasteiger partial charge in [0.15, 0.2) is 5.96 Å². The van der Waals surface area contributed by atoms with E-state index in [4.69, 9.17) is 0 Å². The largest absolute Gasteiger partial charge is 0.355 e. The van der Waals surface area contributed by atoms with Crippen LogP contribution in [0.2, 0.25) is 0 Å². The molecule has 18 heavy (non-hydrogen) atoms. The van der Waals surface area contributed by atoms with Crippen LogP contribution in [-0.2, 0) is 6.54 Å². The maximum absolute atomic E-state index is 4.20. The lowest BCUT2D eigenvalue weighted by molar-refractivity contribution is 0.638. The van der Waals surface area contributed by atoms with E-state index in [9.17, 15) is 0 Å². The van der Waals surface area contributed by atoms with Crippen LogP contribution < -0.4 is 10.6 Å². The molecule has 0 atom stereocenters. The molecule has 0 bridgehead atoms. The standard InChI is InChI=1S/C12H23N5S/c1-12(2,18-4)9-16-11(13-3)15-6-8-17-7-5-14-10-17/h5,7,10H,6,8-9H2,1-4H3,(H2,13,15,16). The second-order valence-corrected chi connectivity index (χ2v) is 6.13. The number of rotatable bonds is 6. The van der Waals surface area contributed by atoms with Gasteiger partial charge in [0.05, 0.1) is 6.33 Å². The summed E-state index contributed by atoms with van der Waals surface area (Å²) in [4.78, 5) is 8.21. The highest BCUT2D eigenvalue weighted by Gasteiger charge is 2.15. The van der Waals surface area contributed by atoms with Crippen molar-refractivity contribution in [3.8, 4) is 0 Å². The molecule has 1 aromatic rings. The Morgan fingerprint density at radius 1 is 1.44 bits per heavy atom. The van der Waals surface area contributed by atoms with E-state index >= 15 is 0 Å². The van der Waals surface area contributed by atoms with Crippen LogP contribution in [0.3, 0.4) is 0 Å². The summed E-state index contributed by atoms with van der Waals surface area (Å²) in [5.41, 5.74) is 0. The number of hydrogen-bond acceptors (Lipinski definition) is 3. The van der Waals surface area contributed by atoms with Crippen molar-refractivity contribution in [2.45, 2.75) is 25.1 Å². The van der Waals surface area contributed by atoms with Gasteiger partial charge >= 0.3 is 0 Å². The van der Waals surface area contributed by atoms with Gasteiger partial charge in [-0.15, -0.1) is 0 Å². The minimum absolute atomic E-state index is 0.210. The summed E-state index contributed by atoms with van der Waals surface area (Å²) in [6.07, 6.45) is 7.67. The lowest BCUT2D eigenvalue weighted by Crippen LogP contribution is -2.44. The van der Waals surface area contributed by atoms with E-state index in [1.165, 1.54) is 0 Å². The first-order valence-electron chi connectivity index (χ1n) is 6.03. The normalized spacial score (nSPS) is 12.6. The van der Waals surface area contributed by atoms with E-state index in [1.54, 1.807) is 13.2 Å². The topological polar surface area (TPSA) is 54.2 Å². The van der Waals surface area contributed by atoms with Crippen molar-refractivity contribution in [2.75, 3.05) is 26.4 Å². The molecule has 102 valence electrons. The third kappa shape index (κ3) is 5.44. The van der Waals surface area contributed by atoms with Gasteiger partial charge in [0, 0.05) is 43.8 Å². The molecule has 0 unspecified atom stereocenters. The fourth-order valence-electron chi connectivity index (χ4n) is 1.31. The first-order chi connectivity index (χ1) is 8.57. The van der Waals surface area contributed by atoms with Gasteiger partial charge in [-0.05, 0) is 20.1 Å². The number of hydrogen-bond donors (Lipinski definition) is 2. The average molecular weight is 269 g/mol. The molecular weight excluding hydrogens is 246 g/mol. The predicted molar refractivity (Wildman–Crippen MR) is 79.2 cm³/mol. The van der Waals surface area contributed by atoms with Gasteiger partial charge in [-0.1, -0.05) is 0 Å². The number of thioether (sulfide) groups is 1. The monoisotopic (exact) mass is 269 g/mol. The van der Waals surface area contributed by atoms with Crippen LogP contribution in [0.4, 0.5) is 0 Å². The zero-order valence-corrected chi connectivity index (χ0v) is 12.4. The summed E-state index contributed by atoms with van der Waals surface area (Å²) in [7, 11) is 1.79. The molecule has 0 aliphatic carbocycles. The molecule has 0 saturated heterocycles. The van der Waals surface area contributed by atoms with Crippen LogP contribution in [-0.4, -0.2) is 46.7 Å². The summed E-state index contributed by atoms with van der Waals surface area (Å²) in [6, 6.07) is 0. The number of guanidine groups is 1. The maximum atomic E-state index is 4.20. The molecule has 1 rings (SSSR count). The van der Waals surface area contributed by atoms with Crippen LogP contribution in [0.5, 0.6) is 0 Å². The smallest absolute Gasteiger partial charge is 0.191 e. The Bertz CT molecular complexity index is 359. The Hall–Kier alpha value is -1.17. The number of nitrogens with zero attached hydrogens (tertiary/aromatic N) is 3. The number of imidazole rings is 1. The summed E-state index contributed by atoms with van der Waals surface area (Å²) in [6.45, 7) is 7.02. The van der Waals surface area contributed by atoms with Gasteiger partial charge < -0.3 is 15.2 Å². The number of nitrogens with one attached hydrogen (secondary N) is 2. The molecule has 0 amide bonds. The second kappa shape index (κ2) is 7.31. The minimum Gasteiger partial charge on any atom is -0.355 e. The molecule has 6 heteroatoms. The zero-order valence-electron chi connectivity index (χ0n) is 11.6. The Morgan fingerprint density at radius 3 is 2.78 bits per heavy atom. The maximum Gasteiger partial charge on any atom is 0.191 e. The van der Waals surface area contributed by atoms with Crippen molar-refractivity contribution in [2.24, 2.45) is 4.99 Å². The molecule has 0 saturated carbocycles. The van der Waals surface area contributed by atoms with E-state index in [0.717, 1.165) is 25.6 Å². The van der Waals surface area contributed by atoms with E-state index in [2.05, 4.69) is 40.7 Å². The van der Waals surface area contributed by atoms with Crippen molar-refractivity contribution in [1.29, 1.82) is 0 Å². The van der Waals surface area contributed by atoms with Crippen LogP contribution in [0.25, 0.3) is 0 Å². The Balaban J connectivity index is 2.26. The fourth-order valence-corrected chi connectivity index (χ4v) is 1.53. The highest BCUT2D eigenvalue weighted by atomic mass is 32.2. The minimum atomic E-state index is 0.210. The third-order valence-corrected chi connectivity index (χ3v) is 3.93. The SMILES string of the molecule is CN=C(NCCn1ccnc1)NCC(C)(C)SC. The molecule has 1 aromatic heterocycles. The first kappa shape index (κ1) is 14.9. The highest BCUT2D eigenvalue weighted by Crippen LogP contribution is 2.19. The molecule has 0 aliphatic rings. The van der Waals surface area contributed by atoms with Crippen LogP contribution in [0.15, 0.2) is 23.7 Å². The predicted octanol–water partition coefficient (Wildman–Crippen LogP) is 1.19. The highest BCUT2D eigenvalue weighted by molar-refractivity contribution is 7.99. The summed E-state index contributed by atoms with van der Waals surface area (Å²) < 4.78 is 2.24. The van der Waals surface area contributed by atoms with Crippen LogP contribution in [0.1, 0.15) is 13.8 Å². The Labute approximate surface area is 113 Å². The lowest BCUT2D eigenvalue weighted by Gasteiger charge is -2.23. The fraction of sp³-hybridized carbons (Fsp3) is 0.667. The van der Waals surface area contributed by atoms with Crippen LogP contribution in [0, 0.1) is 0 Å². The number of aliphatic imine (C=N–C) groups is 1. The molecular formula is C12H23N5S. The molecule has 0 fully saturated rings. The summed E-state index contributed by atoms with van der Waals surface area (Å²) >= 11 is 1.84. The third-order valence-electron chi connectivity index (χ3n) is 2.68. The van der Waals surface area contributed by atoms with Gasteiger partial charge in [0.2, 0.25) is 0 Å². The van der Waals surface area contributed by atoms with Crippen molar-refractivity contribution in [3.63, 3.8) is 0 Å². The van der Waals surface area contributed by atoms with E-state index in [0.29, 0.717) is 0 Å². The van der Waals surface area contributed by atoms with Gasteiger partial charge in [0.25, 0.3) is 0 Å². The quantitative estimate of drug-likeness (QED) is 0.602. The Morgan fingerprint density at radius 2 is 2.22 bits per heavy atom. The van der Waals surface area contributed by atoms with Gasteiger partial charge in [-0.2, -0.15) is 11.8 Å². The number of aromatic nitrogens is 2. The Kier molecular flexibility index (Phi) is 6.04. The van der Waals surface area contributed by atoms with Crippen LogP contribution >= 0.6 is 11.8 Å². The second-order valence-electron chi connectivity index (χ2n) is 4.62. The van der Waals surface area contributed by atoms with Crippen molar-refractivity contribution >= 4 is 17.7 Å². The lowest BCUT2D eigenvalue weighted by atomic mass is 10.2. The van der Waals surface area contributed by atoms with E-state index in [1.807, 2.05) is 28.9 Å². The first-order valence-corrected chi connectivity index (χ1v) is 7.25.